The highest BCUT2D eigenvalue weighted by Crippen LogP contribution is 2.49. The molecule has 0 unspecified atom stereocenters. The predicted octanol–water partition coefficient (Wildman–Crippen LogP) is 2.62. The number of aryl methyl sites for hydroxylation is 1. The summed E-state index contributed by atoms with van der Waals surface area (Å²) in [4.78, 5) is 17.0. The van der Waals surface area contributed by atoms with Crippen LogP contribution in [-0.4, -0.2) is 37.0 Å². The lowest BCUT2D eigenvalue weighted by molar-refractivity contribution is -0.122. The van der Waals surface area contributed by atoms with Gasteiger partial charge in [-0.15, -0.1) is 11.3 Å². The third kappa shape index (κ3) is 3.37. The largest absolute Gasteiger partial charge is 0.354 e. The van der Waals surface area contributed by atoms with E-state index in [0.29, 0.717) is 12.5 Å². The van der Waals surface area contributed by atoms with Crippen molar-refractivity contribution in [2.24, 2.45) is 5.92 Å². The van der Waals surface area contributed by atoms with Gasteiger partial charge in [0, 0.05) is 33.7 Å². The maximum atomic E-state index is 12.1. The average Bonchev–Trinajstić information content (AvgIpc) is 3.02. The van der Waals surface area contributed by atoms with Gasteiger partial charge in [-0.05, 0) is 53.4 Å². The number of amides is 1. The maximum Gasteiger partial charge on any atom is 0.223 e. The molecule has 1 N–H and O–H groups in total. The van der Waals surface area contributed by atoms with Gasteiger partial charge in [0.25, 0.3) is 0 Å². The van der Waals surface area contributed by atoms with Crippen LogP contribution in [0.4, 0.5) is 0 Å². The molecule has 0 spiro atoms. The molecule has 0 aliphatic heterocycles. The van der Waals surface area contributed by atoms with E-state index >= 15 is 0 Å². The molecule has 0 aromatic carbocycles. The van der Waals surface area contributed by atoms with E-state index in [1.165, 1.54) is 9.75 Å². The molecule has 1 saturated carbocycles. The molecule has 2 atom stereocenters. The van der Waals surface area contributed by atoms with Crippen LogP contribution in [0.25, 0.3) is 0 Å². The smallest absolute Gasteiger partial charge is 0.223 e. The summed E-state index contributed by atoms with van der Waals surface area (Å²) >= 11 is 1.82. The van der Waals surface area contributed by atoms with Gasteiger partial charge < -0.3 is 10.2 Å². The van der Waals surface area contributed by atoms with Gasteiger partial charge in [-0.3, -0.25) is 4.79 Å². The summed E-state index contributed by atoms with van der Waals surface area (Å²) in [5.41, 5.74) is -0.000430. The number of nitrogens with one attached hydrogen (secondary N) is 1. The second kappa shape index (κ2) is 5.25. The molecule has 1 heterocycles. The molecule has 2 rings (SSSR count). The van der Waals surface area contributed by atoms with Gasteiger partial charge in [0.05, 0.1) is 0 Å². The predicted molar refractivity (Wildman–Crippen MR) is 80.7 cm³/mol. The fourth-order valence-electron chi connectivity index (χ4n) is 2.04. The zero-order chi connectivity index (χ0) is 14.2. The molecule has 1 aliphatic carbocycles. The Labute approximate surface area is 120 Å². The van der Waals surface area contributed by atoms with Crippen molar-refractivity contribution in [3.05, 3.63) is 21.9 Å². The molecule has 19 heavy (non-hydrogen) atoms. The van der Waals surface area contributed by atoms with Crippen molar-refractivity contribution in [2.45, 2.75) is 38.6 Å². The summed E-state index contributed by atoms with van der Waals surface area (Å²) in [5, 5.41) is 3.10. The number of thiophene rings is 1. The topological polar surface area (TPSA) is 32.3 Å². The third-order valence-corrected chi connectivity index (χ3v) is 5.29. The van der Waals surface area contributed by atoms with Crippen molar-refractivity contribution >= 4 is 17.2 Å². The van der Waals surface area contributed by atoms with Crippen molar-refractivity contribution in [1.82, 2.24) is 10.2 Å². The Morgan fingerprint density at radius 3 is 2.68 bits per heavy atom. The first-order valence-corrected chi connectivity index (χ1v) is 7.64. The van der Waals surface area contributed by atoms with Gasteiger partial charge in [-0.2, -0.15) is 0 Å². The van der Waals surface area contributed by atoms with E-state index in [0.717, 1.165) is 6.42 Å². The SMILES string of the molecule is Cc1ccc([C@H]2C[C@@H]2C(=O)NCC(C)(C)N(C)C)s1. The van der Waals surface area contributed by atoms with Gasteiger partial charge >= 0.3 is 0 Å². The van der Waals surface area contributed by atoms with Crippen LogP contribution in [0.3, 0.4) is 0 Å². The van der Waals surface area contributed by atoms with Gasteiger partial charge in [-0.1, -0.05) is 0 Å². The Kier molecular flexibility index (Phi) is 4.02. The van der Waals surface area contributed by atoms with Crippen molar-refractivity contribution in [3.63, 3.8) is 0 Å². The van der Waals surface area contributed by atoms with Crippen LogP contribution in [0.5, 0.6) is 0 Å². The van der Waals surface area contributed by atoms with Crippen LogP contribution in [0.1, 0.15) is 35.9 Å². The molecule has 1 aromatic heterocycles. The van der Waals surface area contributed by atoms with Crippen LogP contribution in [0.15, 0.2) is 12.1 Å². The molecule has 1 aliphatic rings. The number of hydrogen-bond acceptors (Lipinski definition) is 3. The van der Waals surface area contributed by atoms with E-state index in [1.54, 1.807) is 0 Å². The number of hydrogen-bond donors (Lipinski definition) is 1. The summed E-state index contributed by atoms with van der Waals surface area (Å²) in [7, 11) is 4.08. The number of rotatable bonds is 5. The molecule has 106 valence electrons. The van der Waals surface area contributed by atoms with Crippen molar-refractivity contribution < 1.29 is 4.79 Å². The molecule has 4 heteroatoms. The standard InChI is InChI=1S/C15H24N2OS/c1-10-6-7-13(19-10)11-8-12(11)14(18)16-9-15(2,3)17(4)5/h6-7,11-12H,8-9H2,1-5H3,(H,16,18)/t11-,12-/m0/s1. The van der Waals surface area contributed by atoms with Crippen molar-refractivity contribution in [3.8, 4) is 0 Å². The molecule has 3 nitrogen and oxygen atoms in total. The fraction of sp³-hybridized carbons (Fsp3) is 0.667. The summed E-state index contributed by atoms with van der Waals surface area (Å²) in [5.74, 6) is 0.864. The maximum absolute atomic E-state index is 12.1. The molecule has 1 fully saturated rings. The Balaban J connectivity index is 1.83. The molecule has 0 saturated heterocycles. The molecule has 0 bridgehead atoms. The quantitative estimate of drug-likeness (QED) is 0.899. The minimum absolute atomic E-state index is 0.000430. The van der Waals surface area contributed by atoms with Crippen LogP contribution in [0.2, 0.25) is 0 Å². The highest BCUT2D eigenvalue weighted by molar-refractivity contribution is 7.12. The Bertz CT molecular complexity index is 464. The van der Waals surface area contributed by atoms with Crippen LogP contribution in [0, 0.1) is 12.8 Å². The van der Waals surface area contributed by atoms with E-state index in [9.17, 15) is 4.79 Å². The summed E-state index contributed by atoms with van der Waals surface area (Å²) < 4.78 is 0. The lowest BCUT2D eigenvalue weighted by atomic mass is 10.0. The van der Waals surface area contributed by atoms with Crippen LogP contribution < -0.4 is 5.32 Å². The molecule has 0 radical (unpaired) electrons. The second-order valence-corrected chi connectivity index (χ2v) is 7.64. The summed E-state index contributed by atoms with van der Waals surface area (Å²) in [6, 6.07) is 4.31. The minimum Gasteiger partial charge on any atom is -0.354 e. The second-order valence-electron chi connectivity index (χ2n) is 6.32. The van der Waals surface area contributed by atoms with Gasteiger partial charge in [0.1, 0.15) is 0 Å². The highest BCUT2D eigenvalue weighted by Gasteiger charge is 2.44. The number of likely N-dealkylation sites (N-methyl/N-ethyl adjacent to an activating group) is 1. The van der Waals surface area contributed by atoms with Crippen molar-refractivity contribution in [2.75, 3.05) is 20.6 Å². The molecular weight excluding hydrogens is 256 g/mol. The van der Waals surface area contributed by atoms with E-state index in [1.807, 2.05) is 25.4 Å². The lowest BCUT2D eigenvalue weighted by Crippen LogP contribution is -2.48. The first kappa shape index (κ1) is 14.5. The normalized spacial score (nSPS) is 22.6. The summed E-state index contributed by atoms with van der Waals surface area (Å²) in [6.07, 6.45) is 1.01. The van der Waals surface area contributed by atoms with Crippen LogP contribution in [-0.2, 0) is 4.79 Å². The number of nitrogens with zero attached hydrogens (tertiary/aromatic N) is 1. The Morgan fingerprint density at radius 2 is 2.16 bits per heavy atom. The van der Waals surface area contributed by atoms with Gasteiger partial charge in [0.15, 0.2) is 0 Å². The van der Waals surface area contributed by atoms with E-state index in [-0.39, 0.29) is 17.4 Å². The zero-order valence-electron chi connectivity index (χ0n) is 12.5. The highest BCUT2D eigenvalue weighted by atomic mass is 32.1. The van der Waals surface area contributed by atoms with Gasteiger partial charge in [-0.25, -0.2) is 0 Å². The van der Waals surface area contributed by atoms with Gasteiger partial charge in [0.2, 0.25) is 5.91 Å². The van der Waals surface area contributed by atoms with Crippen LogP contribution >= 0.6 is 11.3 Å². The zero-order valence-corrected chi connectivity index (χ0v) is 13.3. The molecule has 1 amide bonds. The van der Waals surface area contributed by atoms with E-state index < -0.39 is 0 Å². The van der Waals surface area contributed by atoms with Crippen molar-refractivity contribution in [1.29, 1.82) is 0 Å². The summed E-state index contributed by atoms with van der Waals surface area (Å²) in [6.45, 7) is 7.09. The number of carbonyl (C=O) groups is 1. The monoisotopic (exact) mass is 280 g/mol. The first-order valence-electron chi connectivity index (χ1n) is 6.83. The fourth-order valence-corrected chi connectivity index (χ4v) is 3.10. The Hall–Kier alpha value is -0.870. The van der Waals surface area contributed by atoms with E-state index in [4.69, 9.17) is 0 Å². The Morgan fingerprint density at radius 1 is 1.47 bits per heavy atom. The molecule has 1 aromatic rings. The van der Waals surface area contributed by atoms with E-state index in [2.05, 4.69) is 43.1 Å². The average molecular weight is 280 g/mol. The molecular formula is C15H24N2OS. The third-order valence-electron chi connectivity index (χ3n) is 4.16. The lowest BCUT2D eigenvalue weighted by Gasteiger charge is -2.32. The minimum atomic E-state index is -0.000430. The number of carbonyl (C=O) groups excluding carboxylic acids is 1. The first-order chi connectivity index (χ1) is 8.81.